The van der Waals surface area contributed by atoms with Gasteiger partial charge in [0.05, 0.1) is 5.75 Å². The van der Waals surface area contributed by atoms with Crippen LogP contribution in [0.1, 0.15) is 24.5 Å². The smallest absolute Gasteiger partial charge is 0.242 e. The maximum atomic E-state index is 13.0. The van der Waals surface area contributed by atoms with Crippen molar-refractivity contribution in [2.24, 2.45) is 0 Å². The Bertz CT molecular complexity index is 802. The van der Waals surface area contributed by atoms with Gasteiger partial charge in [-0.2, -0.15) is 0 Å². The van der Waals surface area contributed by atoms with E-state index in [2.05, 4.69) is 5.32 Å². The number of hydrogen-bond donors (Lipinski definition) is 1. The molecule has 0 radical (unpaired) electrons. The quantitative estimate of drug-likeness (QED) is 0.612. The van der Waals surface area contributed by atoms with E-state index in [4.69, 9.17) is 23.2 Å². The van der Waals surface area contributed by atoms with E-state index in [0.717, 1.165) is 16.9 Å². The van der Waals surface area contributed by atoms with Crippen LogP contribution in [0.2, 0.25) is 10.0 Å². The lowest BCUT2D eigenvalue weighted by atomic mass is 10.1. The van der Waals surface area contributed by atoms with Crippen molar-refractivity contribution in [3.63, 3.8) is 0 Å². The van der Waals surface area contributed by atoms with Gasteiger partial charge in [-0.25, -0.2) is 0 Å². The lowest BCUT2D eigenvalue weighted by molar-refractivity contribution is -0.139. The first-order chi connectivity index (χ1) is 13.5. The Morgan fingerprint density at radius 2 is 1.86 bits per heavy atom. The molecule has 4 nitrogen and oxygen atoms in total. The number of likely N-dealkylation sites (N-methyl/N-ethyl adjacent to an activating group) is 1. The second-order valence-electron chi connectivity index (χ2n) is 6.27. The third-order valence-electron chi connectivity index (χ3n) is 4.33. The van der Waals surface area contributed by atoms with Gasteiger partial charge in [0, 0.05) is 29.4 Å². The van der Waals surface area contributed by atoms with E-state index in [-0.39, 0.29) is 24.1 Å². The van der Waals surface area contributed by atoms with Crippen LogP contribution in [0.3, 0.4) is 0 Å². The Kier molecular flexibility index (Phi) is 9.16. The number of nitrogens with zero attached hydrogens (tertiary/aromatic N) is 1. The van der Waals surface area contributed by atoms with Crippen molar-refractivity contribution < 1.29 is 9.59 Å². The second-order valence-corrected chi connectivity index (χ2v) is 8.10. The van der Waals surface area contributed by atoms with E-state index in [0.29, 0.717) is 16.5 Å². The summed E-state index contributed by atoms with van der Waals surface area (Å²) < 4.78 is 0. The van der Waals surface area contributed by atoms with E-state index >= 15 is 0 Å². The van der Waals surface area contributed by atoms with Crippen LogP contribution in [0, 0.1) is 0 Å². The molecule has 1 N–H and O–H groups in total. The van der Waals surface area contributed by atoms with Gasteiger partial charge in [0.2, 0.25) is 11.8 Å². The summed E-state index contributed by atoms with van der Waals surface area (Å²) in [4.78, 5) is 26.9. The summed E-state index contributed by atoms with van der Waals surface area (Å²) in [6, 6.07) is 14.6. The largest absolute Gasteiger partial charge is 0.357 e. The molecule has 2 rings (SSSR count). The zero-order chi connectivity index (χ0) is 20.5. The van der Waals surface area contributed by atoms with Crippen LogP contribution >= 0.6 is 35.0 Å². The summed E-state index contributed by atoms with van der Waals surface area (Å²) in [5.41, 5.74) is 1.92. The molecule has 1 atom stereocenters. The predicted octanol–water partition coefficient (Wildman–Crippen LogP) is 4.78. The first-order valence-corrected chi connectivity index (χ1v) is 10.9. The van der Waals surface area contributed by atoms with E-state index in [1.54, 1.807) is 30.1 Å². The molecule has 150 valence electrons. The minimum atomic E-state index is -0.554. The predicted molar refractivity (Wildman–Crippen MR) is 118 cm³/mol. The topological polar surface area (TPSA) is 49.4 Å². The van der Waals surface area contributed by atoms with Crippen LogP contribution in [-0.4, -0.2) is 35.6 Å². The van der Waals surface area contributed by atoms with Crippen LogP contribution < -0.4 is 5.32 Å². The van der Waals surface area contributed by atoms with Crippen LogP contribution in [0.15, 0.2) is 48.5 Å². The molecule has 0 saturated heterocycles. The lowest BCUT2D eigenvalue weighted by Crippen LogP contribution is -2.48. The zero-order valence-electron chi connectivity index (χ0n) is 16.0. The summed E-state index contributed by atoms with van der Waals surface area (Å²) >= 11 is 13.8. The standard InChI is InChI=1S/C21H24Cl2N2O2S/c1-3-19(21(27)24-2)25(12-16-9-10-17(22)11-18(16)23)20(26)14-28-13-15-7-5-4-6-8-15/h4-11,19H,3,12-14H2,1-2H3,(H,24,27)/t19-/m1/s1. The minimum absolute atomic E-state index is 0.0950. The molecular formula is C21H24Cl2N2O2S. The van der Waals surface area contributed by atoms with E-state index in [9.17, 15) is 9.59 Å². The third-order valence-corrected chi connectivity index (χ3v) is 5.90. The summed E-state index contributed by atoms with van der Waals surface area (Å²) in [6.45, 7) is 2.15. The maximum absolute atomic E-state index is 13.0. The molecule has 28 heavy (non-hydrogen) atoms. The number of thioether (sulfide) groups is 1. The molecule has 0 aromatic heterocycles. The van der Waals surface area contributed by atoms with E-state index in [1.165, 1.54) is 11.8 Å². The van der Waals surface area contributed by atoms with Crippen LogP contribution in [0.5, 0.6) is 0 Å². The molecule has 2 aromatic carbocycles. The number of halogens is 2. The van der Waals surface area contributed by atoms with Gasteiger partial charge in [-0.1, -0.05) is 66.5 Å². The Balaban J connectivity index is 2.14. The molecule has 0 aliphatic heterocycles. The highest BCUT2D eigenvalue weighted by atomic mass is 35.5. The number of rotatable bonds is 9. The number of hydrogen-bond acceptors (Lipinski definition) is 3. The first-order valence-electron chi connectivity index (χ1n) is 9.03. The van der Waals surface area contributed by atoms with Crippen LogP contribution in [0.25, 0.3) is 0 Å². The highest BCUT2D eigenvalue weighted by Crippen LogP contribution is 2.24. The van der Waals surface area contributed by atoms with Crippen molar-refractivity contribution in [2.45, 2.75) is 31.7 Å². The Morgan fingerprint density at radius 1 is 1.14 bits per heavy atom. The SMILES string of the molecule is CC[C@H](C(=O)NC)N(Cc1ccc(Cl)cc1Cl)C(=O)CSCc1ccccc1. The van der Waals surface area contributed by atoms with Crippen LogP contribution in [-0.2, 0) is 21.9 Å². The minimum Gasteiger partial charge on any atom is -0.357 e. The first kappa shape index (κ1) is 22.6. The molecule has 2 aromatic rings. The molecule has 7 heteroatoms. The van der Waals surface area contributed by atoms with Gasteiger partial charge in [-0.15, -0.1) is 11.8 Å². The molecule has 0 heterocycles. The van der Waals surface area contributed by atoms with Gasteiger partial charge < -0.3 is 10.2 Å². The molecule has 2 amide bonds. The summed E-state index contributed by atoms with van der Waals surface area (Å²) in [6.07, 6.45) is 0.514. The molecule has 0 saturated carbocycles. The fraction of sp³-hybridized carbons (Fsp3) is 0.333. The maximum Gasteiger partial charge on any atom is 0.242 e. The van der Waals surface area contributed by atoms with Crippen molar-refractivity contribution in [2.75, 3.05) is 12.8 Å². The van der Waals surface area contributed by atoms with E-state index in [1.807, 2.05) is 37.3 Å². The molecular weight excluding hydrogens is 415 g/mol. The van der Waals surface area contributed by atoms with Gasteiger partial charge in [0.15, 0.2) is 0 Å². The van der Waals surface area contributed by atoms with Gasteiger partial charge >= 0.3 is 0 Å². The number of carbonyl (C=O) groups is 2. The second kappa shape index (κ2) is 11.3. The van der Waals surface area contributed by atoms with E-state index < -0.39 is 6.04 Å². The van der Waals surface area contributed by atoms with Gasteiger partial charge in [0.1, 0.15) is 6.04 Å². The average Bonchev–Trinajstić information content (AvgIpc) is 2.69. The summed E-state index contributed by atoms with van der Waals surface area (Å²) in [7, 11) is 1.58. The monoisotopic (exact) mass is 438 g/mol. The van der Waals surface area contributed by atoms with Crippen molar-refractivity contribution in [3.05, 3.63) is 69.7 Å². The highest BCUT2D eigenvalue weighted by molar-refractivity contribution is 7.99. The Morgan fingerprint density at radius 3 is 2.46 bits per heavy atom. The van der Waals surface area contributed by atoms with Crippen LogP contribution in [0.4, 0.5) is 0 Å². The lowest BCUT2D eigenvalue weighted by Gasteiger charge is -2.30. The Labute approximate surface area is 180 Å². The van der Waals surface area contributed by atoms with Crippen molar-refractivity contribution in [1.82, 2.24) is 10.2 Å². The van der Waals surface area contributed by atoms with Crippen molar-refractivity contribution >= 4 is 46.8 Å². The van der Waals surface area contributed by atoms with Gasteiger partial charge in [-0.05, 0) is 29.7 Å². The van der Waals surface area contributed by atoms with Crippen molar-refractivity contribution in [3.8, 4) is 0 Å². The van der Waals surface area contributed by atoms with Gasteiger partial charge in [0.25, 0.3) is 0 Å². The summed E-state index contributed by atoms with van der Waals surface area (Å²) in [5, 5.41) is 3.66. The fourth-order valence-electron chi connectivity index (χ4n) is 2.83. The summed E-state index contributed by atoms with van der Waals surface area (Å²) in [5.74, 6) is 0.739. The highest BCUT2D eigenvalue weighted by Gasteiger charge is 2.28. The number of carbonyl (C=O) groups excluding carboxylic acids is 2. The number of amides is 2. The molecule has 0 fully saturated rings. The zero-order valence-corrected chi connectivity index (χ0v) is 18.3. The number of benzene rings is 2. The van der Waals surface area contributed by atoms with Crippen molar-refractivity contribution in [1.29, 1.82) is 0 Å². The Hall–Kier alpha value is -1.69. The van der Waals surface area contributed by atoms with Gasteiger partial charge in [-0.3, -0.25) is 9.59 Å². The normalized spacial score (nSPS) is 11.7. The molecule has 0 unspecified atom stereocenters. The molecule has 0 spiro atoms. The fourth-order valence-corrected chi connectivity index (χ4v) is 4.17. The molecule has 0 aliphatic rings. The molecule has 0 bridgehead atoms. The molecule has 0 aliphatic carbocycles. The number of nitrogens with one attached hydrogen (secondary N) is 1. The third kappa shape index (κ3) is 6.43. The average molecular weight is 439 g/mol.